The van der Waals surface area contributed by atoms with Crippen molar-refractivity contribution >= 4 is 23.2 Å². The smallest absolute Gasteiger partial charge is 0.303 e. The fourth-order valence-corrected chi connectivity index (χ4v) is 4.54. The summed E-state index contributed by atoms with van der Waals surface area (Å²) in [6, 6.07) is 0. The predicted octanol–water partition coefficient (Wildman–Crippen LogP) is 2.95. The van der Waals surface area contributed by atoms with Crippen molar-refractivity contribution in [2.24, 2.45) is 5.92 Å². The Morgan fingerprint density at radius 2 is 2.14 bits per heavy atom. The number of carboxylic acids is 1. The molecular weight excluding hydrogens is 286 g/mol. The second kappa shape index (κ2) is 6.18. The van der Waals surface area contributed by atoms with Crippen molar-refractivity contribution in [2.75, 3.05) is 13.1 Å². The van der Waals surface area contributed by atoms with Crippen LogP contribution in [0.25, 0.3) is 0 Å². The van der Waals surface area contributed by atoms with Crippen LogP contribution >= 0.6 is 11.3 Å². The quantitative estimate of drug-likeness (QED) is 0.930. The molecule has 0 aromatic carbocycles. The van der Waals surface area contributed by atoms with Gasteiger partial charge in [-0.05, 0) is 50.0 Å². The molecule has 3 rings (SSSR count). The van der Waals surface area contributed by atoms with Crippen LogP contribution in [0.5, 0.6) is 0 Å². The van der Waals surface area contributed by atoms with Gasteiger partial charge in [0.1, 0.15) is 0 Å². The molecule has 2 aliphatic rings. The summed E-state index contributed by atoms with van der Waals surface area (Å²) in [7, 11) is 0. The van der Waals surface area contributed by atoms with Gasteiger partial charge in [-0.3, -0.25) is 9.59 Å². The Balaban J connectivity index is 1.64. The monoisotopic (exact) mass is 307 g/mol. The standard InChI is InChI=1S/C16H21NO3S/c18-15(19)6-5-11-7-8-17(9-11)16(20)13-10-21-14-4-2-1-3-12(13)14/h10-11H,1-9H2,(H,18,19). The van der Waals surface area contributed by atoms with Crippen molar-refractivity contribution in [1.82, 2.24) is 4.90 Å². The third kappa shape index (κ3) is 3.12. The molecular formula is C16H21NO3S. The summed E-state index contributed by atoms with van der Waals surface area (Å²) in [6.45, 7) is 1.49. The van der Waals surface area contributed by atoms with Gasteiger partial charge in [-0.1, -0.05) is 0 Å². The maximum absolute atomic E-state index is 12.7. The maximum atomic E-state index is 12.7. The molecule has 1 aromatic rings. The Bertz CT molecular complexity index is 552. The van der Waals surface area contributed by atoms with E-state index in [1.54, 1.807) is 11.3 Å². The fraction of sp³-hybridized carbons (Fsp3) is 0.625. The number of hydrogen-bond donors (Lipinski definition) is 1. The van der Waals surface area contributed by atoms with Gasteiger partial charge in [-0.2, -0.15) is 0 Å². The molecule has 1 amide bonds. The van der Waals surface area contributed by atoms with Gasteiger partial charge in [-0.15, -0.1) is 11.3 Å². The summed E-state index contributed by atoms with van der Waals surface area (Å²) in [4.78, 5) is 26.6. The number of nitrogens with zero attached hydrogens (tertiary/aromatic N) is 1. The normalized spacial score (nSPS) is 21.3. The SMILES string of the molecule is O=C(O)CCC1CCN(C(=O)c2csc3c2CCCC3)C1. The topological polar surface area (TPSA) is 57.6 Å². The number of carbonyl (C=O) groups excluding carboxylic acids is 1. The number of amides is 1. The van der Waals surface area contributed by atoms with E-state index in [4.69, 9.17) is 5.11 Å². The zero-order valence-corrected chi connectivity index (χ0v) is 13.0. The first-order valence-corrected chi connectivity index (χ1v) is 8.63. The largest absolute Gasteiger partial charge is 0.481 e. The lowest BCUT2D eigenvalue weighted by Crippen LogP contribution is -2.29. The van der Waals surface area contributed by atoms with Gasteiger partial charge < -0.3 is 10.0 Å². The third-order valence-electron chi connectivity index (χ3n) is 4.63. The van der Waals surface area contributed by atoms with Crippen molar-refractivity contribution in [3.63, 3.8) is 0 Å². The Labute approximate surface area is 128 Å². The molecule has 5 heteroatoms. The molecule has 4 nitrogen and oxygen atoms in total. The summed E-state index contributed by atoms with van der Waals surface area (Å²) in [5.74, 6) is -0.238. The lowest BCUT2D eigenvalue weighted by molar-refractivity contribution is -0.137. The minimum Gasteiger partial charge on any atom is -0.481 e. The molecule has 0 saturated carbocycles. The number of aryl methyl sites for hydroxylation is 1. The molecule has 114 valence electrons. The van der Waals surface area contributed by atoms with Crippen molar-refractivity contribution in [2.45, 2.75) is 44.9 Å². The van der Waals surface area contributed by atoms with E-state index >= 15 is 0 Å². The molecule has 1 aromatic heterocycles. The molecule has 1 fully saturated rings. The zero-order valence-electron chi connectivity index (χ0n) is 12.1. The second-order valence-corrected chi connectivity index (χ2v) is 7.06. The fourth-order valence-electron chi connectivity index (χ4n) is 3.42. The summed E-state index contributed by atoms with van der Waals surface area (Å²) in [5, 5.41) is 10.8. The average molecular weight is 307 g/mol. The second-order valence-electron chi connectivity index (χ2n) is 6.10. The number of thiophene rings is 1. The average Bonchev–Trinajstić information content (AvgIpc) is 3.11. The van der Waals surface area contributed by atoms with Gasteiger partial charge in [0.05, 0.1) is 5.56 Å². The van der Waals surface area contributed by atoms with E-state index < -0.39 is 5.97 Å². The Kier molecular flexibility index (Phi) is 4.29. The third-order valence-corrected chi connectivity index (χ3v) is 5.72. The first-order chi connectivity index (χ1) is 10.1. The van der Waals surface area contributed by atoms with Crippen molar-refractivity contribution in [3.05, 3.63) is 21.4 Å². The lowest BCUT2D eigenvalue weighted by Gasteiger charge is -2.18. The van der Waals surface area contributed by atoms with Gasteiger partial charge in [0.15, 0.2) is 0 Å². The van der Waals surface area contributed by atoms with E-state index in [0.717, 1.165) is 37.9 Å². The first kappa shape index (κ1) is 14.6. The van der Waals surface area contributed by atoms with Gasteiger partial charge in [0.25, 0.3) is 5.91 Å². The first-order valence-electron chi connectivity index (χ1n) is 7.75. The van der Waals surface area contributed by atoms with Crippen LogP contribution in [0, 0.1) is 5.92 Å². The van der Waals surface area contributed by atoms with Crippen LogP contribution in [0.4, 0.5) is 0 Å². The Morgan fingerprint density at radius 3 is 2.95 bits per heavy atom. The number of carbonyl (C=O) groups is 2. The lowest BCUT2D eigenvalue weighted by atomic mass is 9.95. The minimum atomic E-state index is -0.744. The van der Waals surface area contributed by atoms with Gasteiger partial charge in [0, 0.05) is 29.8 Å². The molecule has 1 N–H and O–H groups in total. The molecule has 0 radical (unpaired) electrons. The number of hydrogen-bond acceptors (Lipinski definition) is 3. The predicted molar refractivity (Wildman–Crippen MR) is 81.8 cm³/mol. The summed E-state index contributed by atoms with van der Waals surface area (Å²) >= 11 is 1.73. The number of fused-ring (bicyclic) bond motifs is 1. The number of rotatable bonds is 4. The van der Waals surface area contributed by atoms with Gasteiger partial charge >= 0.3 is 5.97 Å². The van der Waals surface area contributed by atoms with E-state index in [1.807, 2.05) is 10.3 Å². The summed E-state index contributed by atoms with van der Waals surface area (Å²) in [5.41, 5.74) is 2.19. The molecule has 1 atom stereocenters. The zero-order chi connectivity index (χ0) is 14.8. The van der Waals surface area contributed by atoms with Crippen molar-refractivity contribution < 1.29 is 14.7 Å². The van der Waals surface area contributed by atoms with Crippen LogP contribution in [0.1, 0.15) is 52.9 Å². The molecule has 1 unspecified atom stereocenters. The van der Waals surface area contributed by atoms with Crippen molar-refractivity contribution in [1.29, 1.82) is 0 Å². The van der Waals surface area contributed by atoms with E-state index in [1.165, 1.54) is 23.3 Å². The van der Waals surface area contributed by atoms with Crippen LogP contribution in [0.3, 0.4) is 0 Å². The van der Waals surface area contributed by atoms with Crippen LogP contribution in [0.15, 0.2) is 5.38 Å². The van der Waals surface area contributed by atoms with E-state index in [9.17, 15) is 9.59 Å². The summed E-state index contributed by atoms with van der Waals surface area (Å²) in [6.07, 6.45) is 6.41. The number of aliphatic carboxylic acids is 1. The minimum absolute atomic E-state index is 0.159. The van der Waals surface area contributed by atoms with Gasteiger partial charge in [0.2, 0.25) is 0 Å². The van der Waals surface area contributed by atoms with E-state index in [-0.39, 0.29) is 12.3 Å². The Hall–Kier alpha value is -1.36. The van der Waals surface area contributed by atoms with E-state index in [2.05, 4.69) is 0 Å². The van der Waals surface area contributed by atoms with E-state index in [0.29, 0.717) is 12.3 Å². The maximum Gasteiger partial charge on any atom is 0.303 e. The van der Waals surface area contributed by atoms with Crippen LogP contribution in [-0.2, 0) is 17.6 Å². The molecule has 0 spiro atoms. The molecule has 21 heavy (non-hydrogen) atoms. The number of likely N-dealkylation sites (tertiary alicyclic amines) is 1. The molecule has 1 aliphatic carbocycles. The molecule has 1 aliphatic heterocycles. The summed E-state index contributed by atoms with van der Waals surface area (Å²) < 4.78 is 0. The highest BCUT2D eigenvalue weighted by molar-refractivity contribution is 7.10. The van der Waals surface area contributed by atoms with Gasteiger partial charge in [-0.25, -0.2) is 0 Å². The highest BCUT2D eigenvalue weighted by Gasteiger charge is 2.29. The van der Waals surface area contributed by atoms with Crippen molar-refractivity contribution in [3.8, 4) is 0 Å². The molecule has 2 heterocycles. The molecule has 1 saturated heterocycles. The number of carboxylic acid groups (broad SMARTS) is 1. The van der Waals surface area contributed by atoms with Crippen LogP contribution in [0.2, 0.25) is 0 Å². The highest BCUT2D eigenvalue weighted by atomic mass is 32.1. The Morgan fingerprint density at radius 1 is 1.33 bits per heavy atom. The highest BCUT2D eigenvalue weighted by Crippen LogP contribution is 2.32. The van der Waals surface area contributed by atoms with Crippen LogP contribution < -0.4 is 0 Å². The molecule has 0 bridgehead atoms. The van der Waals surface area contributed by atoms with Crippen LogP contribution in [-0.4, -0.2) is 35.0 Å².